The molecule has 0 unspecified atom stereocenters. The van der Waals surface area contributed by atoms with Gasteiger partial charge in [0.05, 0.1) is 6.33 Å². The van der Waals surface area contributed by atoms with E-state index in [1.54, 1.807) is 6.08 Å². The fourth-order valence-electron chi connectivity index (χ4n) is 0.734. The fraction of sp³-hybridized carbons (Fsp3) is 0.143. The molecule has 0 spiro atoms. The van der Waals surface area contributed by atoms with E-state index in [-0.39, 0.29) is 17.4 Å². The Morgan fingerprint density at radius 2 is 2.67 bits per heavy atom. The van der Waals surface area contributed by atoms with E-state index in [1.807, 2.05) is 0 Å². The fourth-order valence-corrected chi connectivity index (χ4v) is 0.734. The summed E-state index contributed by atoms with van der Waals surface area (Å²) < 4.78 is 0. The summed E-state index contributed by atoms with van der Waals surface area (Å²) in [6.45, 7) is 3.87. The maximum absolute atomic E-state index is 11.2. The number of imidazole rings is 1. The van der Waals surface area contributed by atoms with Crippen molar-refractivity contribution in [1.29, 1.82) is 0 Å². The predicted molar refractivity (Wildman–Crippen MR) is 45.5 cm³/mol. The molecule has 0 atom stereocenters. The van der Waals surface area contributed by atoms with Crippen LogP contribution in [-0.4, -0.2) is 22.4 Å². The minimum absolute atomic E-state index is 0.219. The number of carbonyl (C=O) groups excluding carboxylic acids is 1. The van der Waals surface area contributed by atoms with Gasteiger partial charge in [-0.3, -0.25) is 4.79 Å². The number of anilines is 1. The van der Waals surface area contributed by atoms with Gasteiger partial charge in [0.15, 0.2) is 5.69 Å². The summed E-state index contributed by atoms with van der Waals surface area (Å²) in [5.74, 6) is -0.0230. The van der Waals surface area contributed by atoms with Crippen LogP contribution in [0.5, 0.6) is 0 Å². The Balaban J connectivity index is 2.65. The molecule has 4 N–H and O–H groups in total. The molecule has 0 saturated heterocycles. The molecule has 0 aliphatic heterocycles. The van der Waals surface area contributed by atoms with Crippen molar-refractivity contribution in [2.24, 2.45) is 0 Å². The highest BCUT2D eigenvalue weighted by atomic mass is 16.1. The van der Waals surface area contributed by atoms with E-state index in [0.717, 1.165) is 0 Å². The highest BCUT2D eigenvalue weighted by Gasteiger charge is 2.10. The van der Waals surface area contributed by atoms with Gasteiger partial charge in [-0.2, -0.15) is 0 Å². The average Bonchev–Trinajstić information content (AvgIpc) is 2.47. The summed E-state index contributed by atoms with van der Waals surface area (Å²) in [6, 6.07) is 0. The minimum atomic E-state index is -0.298. The van der Waals surface area contributed by atoms with Gasteiger partial charge in [0.1, 0.15) is 5.82 Å². The number of nitrogens with two attached hydrogens (primary N) is 1. The second-order valence-corrected chi connectivity index (χ2v) is 2.16. The zero-order chi connectivity index (χ0) is 8.97. The van der Waals surface area contributed by atoms with Crippen molar-refractivity contribution in [2.45, 2.75) is 0 Å². The van der Waals surface area contributed by atoms with Crippen LogP contribution in [0.3, 0.4) is 0 Å². The molecule has 0 fully saturated rings. The highest BCUT2D eigenvalue weighted by Crippen LogP contribution is 2.02. The first-order chi connectivity index (χ1) is 5.75. The highest BCUT2D eigenvalue weighted by molar-refractivity contribution is 5.96. The lowest BCUT2D eigenvalue weighted by Crippen LogP contribution is -2.24. The summed E-state index contributed by atoms with van der Waals surface area (Å²) in [5, 5.41) is 2.56. The molecule has 1 aromatic rings. The third-order valence-corrected chi connectivity index (χ3v) is 1.29. The van der Waals surface area contributed by atoms with Gasteiger partial charge in [-0.1, -0.05) is 6.08 Å². The number of hydrogen-bond donors (Lipinski definition) is 3. The first-order valence-corrected chi connectivity index (χ1v) is 3.43. The molecular formula is C7H10N4O. The molecular weight excluding hydrogens is 156 g/mol. The van der Waals surface area contributed by atoms with Gasteiger partial charge in [0.25, 0.3) is 5.91 Å². The molecule has 0 radical (unpaired) electrons. The summed E-state index contributed by atoms with van der Waals surface area (Å²) in [5.41, 5.74) is 5.63. The summed E-state index contributed by atoms with van der Waals surface area (Å²) in [7, 11) is 0. The molecule has 0 aliphatic carbocycles. The Bertz CT molecular complexity index is 291. The molecule has 1 heterocycles. The van der Waals surface area contributed by atoms with Gasteiger partial charge in [-0.25, -0.2) is 4.98 Å². The first kappa shape index (κ1) is 8.32. The lowest BCUT2D eigenvalue weighted by Gasteiger charge is -1.98. The van der Waals surface area contributed by atoms with Crippen molar-refractivity contribution in [1.82, 2.24) is 15.3 Å². The SMILES string of the molecule is C=CCNC(=O)c1nc[nH]c1N. The minimum Gasteiger partial charge on any atom is -0.383 e. The molecule has 5 heteroatoms. The van der Waals surface area contributed by atoms with Crippen molar-refractivity contribution in [3.05, 3.63) is 24.7 Å². The van der Waals surface area contributed by atoms with E-state index in [4.69, 9.17) is 5.73 Å². The smallest absolute Gasteiger partial charge is 0.273 e. The van der Waals surface area contributed by atoms with Crippen LogP contribution in [0.25, 0.3) is 0 Å². The number of nitrogens with zero attached hydrogens (tertiary/aromatic N) is 1. The molecule has 12 heavy (non-hydrogen) atoms. The number of carbonyl (C=O) groups is 1. The largest absolute Gasteiger partial charge is 0.383 e. The number of rotatable bonds is 3. The van der Waals surface area contributed by atoms with Gasteiger partial charge < -0.3 is 16.0 Å². The number of H-pyrrole nitrogens is 1. The van der Waals surface area contributed by atoms with Gasteiger partial charge >= 0.3 is 0 Å². The Labute approximate surface area is 69.7 Å². The zero-order valence-electron chi connectivity index (χ0n) is 6.50. The Hall–Kier alpha value is -1.78. The molecule has 1 rings (SSSR count). The van der Waals surface area contributed by atoms with E-state index in [1.165, 1.54) is 6.33 Å². The molecule has 1 amide bonds. The number of hydrogen-bond acceptors (Lipinski definition) is 3. The molecule has 5 nitrogen and oxygen atoms in total. The average molecular weight is 166 g/mol. The number of aromatic amines is 1. The lowest BCUT2D eigenvalue weighted by atomic mass is 10.4. The van der Waals surface area contributed by atoms with Crippen LogP contribution < -0.4 is 11.1 Å². The van der Waals surface area contributed by atoms with Crippen LogP contribution in [0.1, 0.15) is 10.5 Å². The number of amides is 1. The second kappa shape index (κ2) is 3.56. The van der Waals surface area contributed by atoms with Crippen molar-refractivity contribution in [3.63, 3.8) is 0 Å². The summed E-state index contributed by atoms with van der Waals surface area (Å²) in [4.78, 5) is 17.5. The van der Waals surface area contributed by atoms with Gasteiger partial charge in [-0.15, -0.1) is 6.58 Å². The Kier molecular flexibility index (Phi) is 2.47. The lowest BCUT2D eigenvalue weighted by molar-refractivity contribution is 0.0954. The second-order valence-electron chi connectivity index (χ2n) is 2.16. The van der Waals surface area contributed by atoms with Crippen LogP contribution in [0, 0.1) is 0 Å². The topological polar surface area (TPSA) is 83.8 Å². The summed E-state index contributed by atoms with van der Waals surface area (Å²) in [6.07, 6.45) is 2.96. The summed E-state index contributed by atoms with van der Waals surface area (Å²) >= 11 is 0. The van der Waals surface area contributed by atoms with E-state index >= 15 is 0 Å². The van der Waals surface area contributed by atoms with E-state index in [9.17, 15) is 4.79 Å². The third kappa shape index (κ3) is 1.63. The van der Waals surface area contributed by atoms with E-state index in [0.29, 0.717) is 6.54 Å². The van der Waals surface area contributed by atoms with Crippen molar-refractivity contribution in [2.75, 3.05) is 12.3 Å². The number of aromatic nitrogens is 2. The monoisotopic (exact) mass is 166 g/mol. The van der Waals surface area contributed by atoms with Crippen LogP contribution in [0.2, 0.25) is 0 Å². The van der Waals surface area contributed by atoms with E-state index < -0.39 is 0 Å². The number of nitrogen functional groups attached to an aromatic ring is 1. The van der Waals surface area contributed by atoms with Crippen molar-refractivity contribution in [3.8, 4) is 0 Å². The van der Waals surface area contributed by atoms with Crippen LogP contribution >= 0.6 is 0 Å². The molecule has 0 aromatic carbocycles. The quantitative estimate of drug-likeness (QED) is 0.548. The molecule has 1 aromatic heterocycles. The van der Waals surface area contributed by atoms with Gasteiger partial charge in [0, 0.05) is 6.54 Å². The number of nitrogens with one attached hydrogen (secondary N) is 2. The molecule has 0 bridgehead atoms. The van der Waals surface area contributed by atoms with Crippen LogP contribution in [0.15, 0.2) is 19.0 Å². The van der Waals surface area contributed by atoms with Crippen LogP contribution in [0.4, 0.5) is 5.82 Å². The molecule has 64 valence electrons. The standard InChI is InChI=1S/C7H10N4O/c1-2-3-9-7(12)5-6(8)11-4-10-5/h2,4H,1,3,8H2,(H,9,12)(H,10,11). The van der Waals surface area contributed by atoms with Gasteiger partial charge in [0.2, 0.25) is 0 Å². The Morgan fingerprint density at radius 3 is 3.17 bits per heavy atom. The maximum atomic E-state index is 11.2. The normalized spacial score (nSPS) is 9.33. The predicted octanol–water partition coefficient (Wildman–Crippen LogP) is -0.0923. The first-order valence-electron chi connectivity index (χ1n) is 3.43. The third-order valence-electron chi connectivity index (χ3n) is 1.29. The van der Waals surface area contributed by atoms with E-state index in [2.05, 4.69) is 21.9 Å². The van der Waals surface area contributed by atoms with Crippen LogP contribution in [-0.2, 0) is 0 Å². The van der Waals surface area contributed by atoms with Gasteiger partial charge in [-0.05, 0) is 0 Å². The zero-order valence-corrected chi connectivity index (χ0v) is 6.50. The Morgan fingerprint density at radius 1 is 1.92 bits per heavy atom. The van der Waals surface area contributed by atoms with Crippen molar-refractivity contribution < 1.29 is 4.79 Å². The van der Waals surface area contributed by atoms with Crippen molar-refractivity contribution >= 4 is 11.7 Å². The molecule has 0 aliphatic rings. The maximum Gasteiger partial charge on any atom is 0.273 e. The molecule has 0 saturated carbocycles.